The first-order valence-corrected chi connectivity index (χ1v) is 7.85. The molecule has 22 heavy (non-hydrogen) atoms. The Morgan fingerprint density at radius 1 is 1.41 bits per heavy atom. The van der Waals surface area contributed by atoms with Crippen LogP contribution >= 0.6 is 0 Å². The van der Waals surface area contributed by atoms with Gasteiger partial charge < -0.3 is 19.3 Å². The Kier molecular flexibility index (Phi) is 4.72. The van der Waals surface area contributed by atoms with Gasteiger partial charge in [0.1, 0.15) is 0 Å². The Balaban J connectivity index is 1.57. The minimum atomic E-state index is 0.0454. The van der Waals surface area contributed by atoms with Crippen molar-refractivity contribution in [1.82, 2.24) is 14.9 Å². The molecule has 3 rings (SSSR count). The number of carbonyl (C=O) groups excluding carboxylic acids is 1. The van der Waals surface area contributed by atoms with Crippen molar-refractivity contribution in [3.63, 3.8) is 0 Å². The van der Waals surface area contributed by atoms with Crippen LogP contribution in [0.4, 0.5) is 5.95 Å². The maximum absolute atomic E-state index is 12.4. The first-order valence-electron chi connectivity index (χ1n) is 7.85. The molecular formula is C15H22N4O3. The van der Waals surface area contributed by atoms with Gasteiger partial charge in [-0.15, -0.1) is 0 Å². The standard InChI is InChI=1S/C15H22N4O3/c1-2-22-13-3-5-16-15(17-13)19-8-6-18(7-9-19)14(20)12-4-10-21-11-12/h3,5,12H,2,4,6-11H2,1H3/t12-/m1/s1. The van der Waals surface area contributed by atoms with E-state index in [4.69, 9.17) is 9.47 Å². The normalized spacial score (nSPS) is 22.0. The Morgan fingerprint density at radius 2 is 2.23 bits per heavy atom. The van der Waals surface area contributed by atoms with Crippen molar-refractivity contribution in [3.8, 4) is 5.88 Å². The van der Waals surface area contributed by atoms with Crippen molar-refractivity contribution >= 4 is 11.9 Å². The second kappa shape index (κ2) is 6.91. The van der Waals surface area contributed by atoms with E-state index in [0.29, 0.717) is 44.7 Å². The quantitative estimate of drug-likeness (QED) is 0.810. The number of aromatic nitrogens is 2. The lowest BCUT2D eigenvalue weighted by molar-refractivity contribution is -0.135. The predicted molar refractivity (Wildman–Crippen MR) is 80.9 cm³/mol. The zero-order valence-electron chi connectivity index (χ0n) is 12.9. The predicted octanol–water partition coefficient (Wildman–Crippen LogP) is 0.560. The number of rotatable bonds is 4. The SMILES string of the molecule is CCOc1ccnc(N2CCN(C(=O)[C@@H]3CCOC3)CC2)n1. The van der Waals surface area contributed by atoms with Gasteiger partial charge in [-0.05, 0) is 13.3 Å². The molecule has 0 aromatic carbocycles. The zero-order valence-corrected chi connectivity index (χ0v) is 12.9. The van der Waals surface area contributed by atoms with Crippen molar-refractivity contribution in [3.05, 3.63) is 12.3 Å². The second-order valence-electron chi connectivity index (χ2n) is 5.50. The fourth-order valence-electron chi connectivity index (χ4n) is 2.83. The first kappa shape index (κ1) is 15.0. The highest BCUT2D eigenvalue weighted by Crippen LogP contribution is 2.19. The fraction of sp³-hybridized carbons (Fsp3) is 0.667. The highest BCUT2D eigenvalue weighted by molar-refractivity contribution is 5.79. The number of hydrogen-bond acceptors (Lipinski definition) is 6. The van der Waals surface area contributed by atoms with E-state index < -0.39 is 0 Å². The lowest BCUT2D eigenvalue weighted by Crippen LogP contribution is -2.51. The van der Waals surface area contributed by atoms with Crippen LogP contribution in [0.5, 0.6) is 5.88 Å². The molecule has 1 amide bonds. The summed E-state index contributed by atoms with van der Waals surface area (Å²) in [5, 5.41) is 0. The van der Waals surface area contributed by atoms with Gasteiger partial charge in [-0.1, -0.05) is 0 Å². The molecule has 0 spiro atoms. The van der Waals surface area contributed by atoms with E-state index in [2.05, 4.69) is 14.9 Å². The Bertz CT molecular complexity index is 511. The molecule has 0 N–H and O–H groups in total. The maximum Gasteiger partial charge on any atom is 0.228 e. The first-order chi connectivity index (χ1) is 10.8. The van der Waals surface area contributed by atoms with Crippen molar-refractivity contribution in [2.45, 2.75) is 13.3 Å². The van der Waals surface area contributed by atoms with Crippen LogP contribution in [0.3, 0.4) is 0 Å². The molecule has 7 nitrogen and oxygen atoms in total. The van der Waals surface area contributed by atoms with Gasteiger partial charge in [0.2, 0.25) is 17.7 Å². The molecule has 120 valence electrons. The van der Waals surface area contributed by atoms with E-state index in [1.807, 2.05) is 11.8 Å². The Hall–Kier alpha value is -1.89. The molecule has 3 heterocycles. The van der Waals surface area contributed by atoms with E-state index in [1.54, 1.807) is 12.3 Å². The van der Waals surface area contributed by atoms with E-state index >= 15 is 0 Å². The van der Waals surface area contributed by atoms with Gasteiger partial charge in [-0.25, -0.2) is 4.98 Å². The minimum absolute atomic E-state index is 0.0454. The van der Waals surface area contributed by atoms with Gasteiger partial charge in [-0.3, -0.25) is 4.79 Å². The van der Waals surface area contributed by atoms with Gasteiger partial charge in [0.15, 0.2) is 0 Å². The molecule has 2 aliphatic rings. The molecule has 2 fully saturated rings. The van der Waals surface area contributed by atoms with E-state index in [-0.39, 0.29) is 11.8 Å². The van der Waals surface area contributed by atoms with Crippen molar-refractivity contribution in [2.24, 2.45) is 5.92 Å². The van der Waals surface area contributed by atoms with Crippen LogP contribution in [0.25, 0.3) is 0 Å². The van der Waals surface area contributed by atoms with Gasteiger partial charge in [0.05, 0.1) is 19.1 Å². The van der Waals surface area contributed by atoms with E-state index in [9.17, 15) is 4.79 Å². The number of ether oxygens (including phenoxy) is 2. The minimum Gasteiger partial charge on any atom is -0.478 e. The number of anilines is 1. The van der Waals surface area contributed by atoms with Gasteiger partial charge in [0.25, 0.3) is 0 Å². The molecular weight excluding hydrogens is 284 g/mol. The Labute approximate surface area is 130 Å². The summed E-state index contributed by atoms with van der Waals surface area (Å²) in [6, 6.07) is 1.76. The largest absolute Gasteiger partial charge is 0.478 e. The van der Waals surface area contributed by atoms with Crippen LogP contribution in [0.15, 0.2) is 12.3 Å². The molecule has 1 aromatic heterocycles. The summed E-state index contributed by atoms with van der Waals surface area (Å²) in [7, 11) is 0. The molecule has 0 bridgehead atoms. The fourth-order valence-corrected chi connectivity index (χ4v) is 2.83. The summed E-state index contributed by atoms with van der Waals surface area (Å²) in [4.78, 5) is 25.1. The highest BCUT2D eigenvalue weighted by atomic mass is 16.5. The molecule has 0 radical (unpaired) electrons. The molecule has 1 atom stereocenters. The average molecular weight is 306 g/mol. The van der Waals surface area contributed by atoms with Crippen LogP contribution in [0.1, 0.15) is 13.3 Å². The third-order valence-electron chi connectivity index (χ3n) is 4.06. The number of carbonyl (C=O) groups is 1. The summed E-state index contributed by atoms with van der Waals surface area (Å²) in [6.07, 6.45) is 2.55. The molecule has 1 aromatic rings. The average Bonchev–Trinajstić information content (AvgIpc) is 3.09. The smallest absolute Gasteiger partial charge is 0.228 e. The Morgan fingerprint density at radius 3 is 2.91 bits per heavy atom. The molecule has 2 aliphatic heterocycles. The third kappa shape index (κ3) is 3.30. The number of piperazine rings is 1. The summed E-state index contributed by atoms with van der Waals surface area (Å²) in [6.45, 7) is 6.69. The number of hydrogen-bond donors (Lipinski definition) is 0. The van der Waals surface area contributed by atoms with Crippen LogP contribution in [-0.2, 0) is 9.53 Å². The van der Waals surface area contributed by atoms with Gasteiger partial charge in [-0.2, -0.15) is 4.98 Å². The molecule has 0 unspecified atom stereocenters. The molecule has 2 saturated heterocycles. The van der Waals surface area contributed by atoms with Crippen LogP contribution in [0, 0.1) is 5.92 Å². The van der Waals surface area contributed by atoms with Crippen molar-refractivity contribution in [1.29, 1.82) is 0 Å². The zero-order chi connectivity index (χ0) is 15.4. The third-order valence-corrected chi connectivity index (χ3v) is 4.06. The topological polar surface area (TPSA) is 67.8 Å². The maximum atomic E-state index is 12.4. The summed E-state index contributed by atoms with van der Waals surface area (Å²) in [5.74, 6) is 1.53. The van der Waals surface area contributed by atoms with Crippen LogP contribution in [-0.4, -0.2) is 66.8 Å². The highest BCUT2D eigenvalue weighted by Gasteiger charge is 2.30. The lowest BCUT2D eigenvalue weighted by atomic mass is 10.1. The number of amides is 1. The number of nitrogens with zero attached hydrogens (tertiary/aromatic N) is 4. The molecule has 7 heteroatoms. The van der Waals surface area contributed by atoms with E-state index in [0.717, 1.165) is 19.5 Å². The van der Waals surface area contributed by atoms with Gasteiger partial charge >= 0.3 is 0 Å². The lowest BCUT2D eigenvalue weighted by Gasteiger charge is -2.35. The van der Waals surface area contributed by atoms with Gasteiger partial charge in [0, 0.05) is 45.0 Å². The second-order valence-corrected chi connectivity index (χ2v) is 5.50. The summed E-state index contributed by atoms with van der Waals surface area (Å²) < 4.78 is 10.7. The molecule has 0 saturated carbocycles. The van der Waals surface area contributed by atoms with Crippen molar-refractivity contribution < 1.29 is 14.3 Å². The van der Waals surface area contributed by atoms with Crippen LogP contribution < -0.4 is 9.64 Å². The van der Waals surface area contributed by atoms with E-state index in [1.165, 1.54) is 0 Å². The summed E-state index contributed by atoms with van der Waals surface area (Å²) >= 11 is 0. The van der Waals surface area contributed by atoms with Crippen molar-refractivity contribution in [2.75, 3.05) is 50.9 Å². The monoisotopic (exact) mass is 306 g/mol. The molecule has 0 aliphatic carbocycles. The van der Waals surface area contributed by atoms with Crippen LogP contribution in [0.2, 0.25) is 0 Å². The summed E-state index contributed by atoms with van der Waals surface area (Å²) in [5.41, 5.74) is 0.